The highest BCUT2D eigenvalue weighted by Gasteiger charge is 2.29. The van der Waals surface area contributed by atoms with E-state index in [0.29, 0.717) is 17.6 Å². The van der Waals surface area contributed by atoms with Gasteiger partial charge in [-0.25, -0.2) is 9.78 Å². The van der Waals surface area contributed by atoms with Crippen molar-refractivity contribution in [3.63, 3.8) is 0 Å². The first kappa shape index (κ1) is 13.1. The Morgan fingerprint density at radius 2 is 2.30 bits per heavy atom. The van der Waals surface area contributed by atoms with Gasteiger partial charge >= 0.3 is 5.97 Å². The lowest BCUT2D eigenvalue weighted by Gasteiger charge is -2.25. The van der Waals surface area contributed by atoms with E-state index in [1.807, 2.05) is 10.6 Å². The SMILES string of the molecule is CC(Cn1cnc2cccc(C(=O)O)c21)N(C)C1CC1. The quantitative estimate of drug-likeness (QED) is 0.907. The molecule has 1 aromatic heterocycles. The molecule has 0 aliphatic heterocycles. The van der Waals surface area contributed by atoms with E-state index in [-0.39, 0.29) is 0 Å². The number of carbonyl (C=O) groups is 1. The van der Waals surface area contributed by atoms with Crippen LogP contribution in [0.4, 0.5) is 0 Å². The summed E-state index contributed by atoms with van der Waals surface area (Å²) in [7, 11) is 2.14. The molecule has 3 rings (SSSR count). The number of imidazole rings is 1. The third-order valence-corrected chi connectivity index (χ3v) is 4.15. The Labute approximate surface area is 117 Å². The number of para-hydroxylation sites is 1. The van der Waals surface area contributed by atoms with Crippen molar-refractivity contribution < 1.29 is 9.90 Å². The number of hydrogen-bond acceptors (Lipinski definition) is 3. The van der Waals surface area contributed by atoms with Gasteiger partial charge in [0.05, 0.1) is 22.9 Å². The highest BCUT2D eigenvalue weighted by Crippen LogP contribution is 2.28. The lowest BCUT2D eigenvalue weighted by atomic mass is 10.1. The van der Waals surface area contributed by atoms with Gasteiger partial charge in [0, 0.05) is 18.6 Å². The number of benzene rings is 1. The molecule has 0 saturated heterocycles. The molecule has 1 heterocycles. The number of aromatic nitrogens is 2. The summed E-state index contributed by atoms with van der Waals surface area (Å²) in [4.78, 5) is 18.0. The van der Waals surface area contributed by atoms with Crippen molar-refractivity contribution >= 4 is 17.0 Å². The summed E-state index contributed by atoms with van der Waals surface area (Å²) in [5.74, 6) is -0.902. The lowest BCUT2D eigenvalue weighted by molar-refractivity contribution is 0.0698. The molecule has 0 radical (unpaired) electrons. The van der Waals surface area contributed by atoms with Crippen molar-refractivity contribution in [2.75, 3.05) is 7.05 Å². The smallest absolute Gasteiger partial charge is 0.337 e. The van der Waals surface area contributed by atoms with E-state index in [1.54, 1.807) is 18.5 Å². The maximum Gasteiger partial charge on any atom is 0.337 e. The lowest BCUT2D eigenvalue weighted by Crippen LogP contribution is -2.34. The fourth-order valence-electron chi connectivity index (χ4n) is 2.69. The van der Waals surface area contributed by atoms with Crippen LogP contribution in [-0.4, -0.2) is 44.7 Å². The number of rotatable bonds is 5. The van der Waals surface area contributed by atoms with Gasteiger partial charge in [-0.3, -0.25) is 4.90 Å². The van der Waals surface area contributed by atoms with Crippen molar-refractivity contribution in [3.8, 4) is 0 Å². The molecule has 0 amide bonds. The number of carboxylic acids is 1. The van der Waals surface area contributed by atoms with Crippen LogP contribution in [0.25, 0.3) is 11.0 Å². The second kappa shape index (κ2) is 4.90. The number of likely N-dealkylation sites (N-methyl/N-ethyl adjacent to an activating group) is 1. The minimum atomic E-state index is -0.902. The van der Waals surface area contributed by atoms with Crippen LogP contribution in [0.2, 0.25) is 0 Å². The molecule has 1 aromatic carbocycles. The van der Waals surface area contributed by atoms with Gasteiger partial charge in [-0.1, -0.05) is 6.07 Å². The topological polar surface area (TPSA) is 58.4 Å². The number of nitrogens with zero attached hydrogens (tertiary/aromatic N) is 3. The zero-order chi connectivity index (χ0) is 14.3. The first-order valence-corrected chi connectivity index (χ1v) is 6.97. The normalized spacial score (nSPS) is 16.8. The van der Waals surface area contributed by atoms with Crippen molar-refractivity contribution in [2.24, 2.45) is 0 Å². The zero-order valence-corrected chi connectivity index (χ0v) is 11.8. The Kier molecular flexibility index (Phi) is 3.22. The monoisotopic (exact) mass is 273 g/mol. The van der Waals surface area contributed by atoms with E-state index in [4.69, 9.17) is 0 Å². The van der Waals surface area contributed by atoms with Gasteiger partial charge in [-0.2, -0.15) is 0 Å². The predicted octanol–water partition coefficient (Wildman–Crippen LogP) is 2.22. The van der Waals surface area contributed by atoms with Crippen LogP contribution in [0.15, 0.2) is 24.5 Å². The molecule has 0 bridgehead atoms. The minimum Gasteiger partial charge on any atom is -0.478 e. The number of hydrogen-bond donors (Lipinski definition) is 1. The number of aromatic carboxylic acids is 1. The molecule has 20 heavy (non-hydrogen) atoms. The van der Waals surface area contributed by atoms with E-state index in [2.05, 4.69) is 23.9 Å². The Morgan fingerprint density at radius 3 is 2.95 bits per heavy atom. The maximum atomic E-state index is 11.4. The number of carboxylic acid groups (broad SMARTS) is 1. The van der Waals surface area contributed by atoms with Gasteiger partial charge in [-0.15, -0.1) is 0 Å². The first-order chi connectivity index (χ1) is 9.58. The van der Waals surface area contributed by atoms with Crippen molar-refractivity contribution in [1.29, 1.82) is 0 Å². The average Bonchev–Trinajstić information content (AvgIpc) is 3.20. The first-order valence-electron chi connectivity index (χ1n) is 6.97. The summed E-state index contributed by atoms with van der Waals surface area (Å²) in [5, 5.41) is 9.32. The molecule has 0 spiro atoms. The standard InChI is InChI=1S/C15H19N3O2/c1-10(17(2)11-6-7-11)8-18-9-16-13-5-3-4-12(14(13)18)15(19)20/h3-5,9-11H,6-8H2,1-2H3,(H,19,20). The van der Waals surface area contributed by atoms with Gasteiger partial charge in [0.25, 0.3) is 0 Å². The maximum absolute atomic E-state index is 11.4. The molecule has 5 nitrogen and oxygen atoms in total. The van der Waals surface area contributed by atoms with Gasteiger partial charge in [0.15, 0.2) is 0 Å². The molecule has 1 saturated carbocycles. The Bertz CT molecular complexity index is 646. The van der Waals surface area contributed by atoms with E-state index in [9.17, 15) is 9.90 Å². The summed E-state index contributed by atoms with van der Waals surface area (Å²) in [6.07, 6.45) is 4.28. The van der Waals surface area contributed by atoms with Crippen LogP contribution in [0, 0.1) is 0 Å². The van der Waals surface area contributed by atoms with E-state index >= 15 is 0 Å². The molecule has 2 aromatic rings. The van der Waals surface area contributed by atoms with E-state index in [0.717, 1.165) is 17.6 Å². The Hall–Kier alpha value is -1.88. The molecule has 1 unspecified atom stereocenters. The second-order valence-corrected chi connectivity index (χ2v) is 5.62. The average molecular weight is 273 g/mol. The molecule has 1 atom stereocenters. The summed E-state index contributed by atoms with van der Waals surface area (Å²) in [6, 6.07) is 6.29. The molecule has 106 valence electrons. The Morgan fingerprint density at radius 1 is 1.55 bits per heavy atom. The van der Waals surface area contributed by atoms with Crippen LogP contribution in [0.5, 0.6) is 0 Å². The molecule has 1 aliphatic rings. The third-order valence-electron chi connectivity index (χ3n) is 4.15. The largest absolute Gasteiger partial charge is 0.478 e. The minimum absolute atomic E-state index is 0.321. The summed E-state index contributed by atoms with van der Waals surface area (Å²) in [5.41, 5.74) is 1.78. The van der Waals surface area contributed by atoms with E-state index in [1.165, 1.54) is 12.8 Å². The highest BCUT2D eigenvalue weighted by molar-refractivity contribution is 6.01. The molecule has 1 aliphatic carbocycles. The van der Waals surface area contributed by atoms with Gasteiger partial charge < -0.3 is 9.67 Å². The zero-order valence-electron chi connectivity index (χ0n) is 11.8. The van der Waals surface area contributed by atoms with Crippen molar-refractivity contribution in [2.45, 2.75) is 38.4 Å². The van der Waals surface area contributed by atoms with Crippen molar-refractivity contribution in [3.05, 3.63) is 30.1 Å². The summed E-state index contributed by atoms with van der Waals surface area (Å²) >= 11 is 0. The molecular formula is C15H19N3O2. The molecule has 1 fully saturated rings. The summed E-state index contributed by atoms with van der Waals surface area (Å²) in [6.45, 7) is 2.93. The predicted molar refractivity (Wildman–Crippen MR) is 76.9 cm³/mol. The van der Waals surface area contributed by atoms with Crippen LogP contribution >= 0.6 is 0 Å². The fraction of sp³-hybridized carbons (Fsp3) is 0.467. The molecular weight excluding hydrogens is 254 g/mol. The third kappa shape index (κ3) is 2.29. The van der Waals surface area contributed by atoms with Crippen LogP contribution in [-0.2, 0) is 6.54 Å². The summed E-state index contributed by atoms with van der Waals surface area (Å²) < 4.78 is 1.96. The van der Waals surface area contributed by atoms with E-state index < -0.39 is 5.97 Å². The molecule has 5 heteroatoms. The second-order valence-electron chi connectivity index (χ2n) is 5.62. The number of fused-ring (bicyclic) bond motifs is 1. The van der Waals surface area contributed by atoms with Crippen LogP contribution < -0.4 is 0 Å². The van der Waals surface area contributed by atoms with Crippen LogP contribution in [0.1, 0.15) is 30.1 Å². The van der Waals surface area contributed by atoms with Gasteiger partial charge in [0.1, 0.15) is 0 Å². The fourth-order valence-corrected chi connectivity index (χ4v) is 2.69. The van der Waals surface area contributed by atoms with Crippen LogP contribution in [0.3, 0.4) is 0 Å². The van der Waals surface area contributed by atoms with Crippen molar-refractivity contribution in [1.82, 2.24) is 14.5 Å². The highest BCUT2D eigenvalue weighted by atomic mass is 16.4. The molecule has 1 N–H and O–H groups in total. The van der Waals surface area contributed by atoms with Gasteiger partial charge in [-0.05, 0) is 38.9 Å². The van der Waals surface area contributed by atoms with Gasteiger partial charge in [0.2, 0.25) is 0 Å². The Balaban J connectivity index is 1.93.